The fourth-order valence-electron chi connectivity index (χ4n) is 2.31. The van der Waals surface area contributed by atoms with Crippen molar-refractivity contribution in [1.29, 1.82) is 0 Å². The van der Waals surface area contributed by atoms with Crippen molar-refractivity contribution in [1.82, 2.24) is 15.1 Å². The SMILES string of the molecule is CN(CCOc1cccc(Cl)c1)Cc1nnc(C(=O)Nc2ccc(F)cc2)s1. The molecule has 28 heavy (non-hydrogen) atoms. The number of aromatic nitrogens is 2. The van der Waals surface area contributed by atoms with Gasteiger partial charge in [0.2, 0.25) is 5.01 Å². The molecule has 0 radical (unpaired) electrons. The van der Waals surface area contributed by atoms with Crippen molar-refractivity contribution in [3.8, 4) is 5.75 Å². The summed E-state index contributed by atoms with van der Waals surface area (Å²) in [6, 6.07) is 12.8. The van der Waals surface area contributed by atoms with Gasteiger partial charge in [-0.15, -0.1) is 10.2 Å². The maximum Gasteiger partial charge on any atom is 0.286 e. The summed E-state index contributed by atoms with van der Waals surface area (Å²) in [5, 5.41) is 12.3. The molecule has 0 saturated heterocycles. The van der Waals surface area contributed by atoms with Crippen LogP contribution in [-0.2, 0) is 6.54 Å². The first-order chi connectivity index (χ1) is 13.5. The summed E-state index contributed by atoms with van der Waals surface area (Å²) in [6.07, 6.45) is 0. The highest BCUT2D eigenvalue weighted by Gasteiger charge is 2.14. The third-order valence-corrected chi connectivity index (χ3v) is 4.85. The number of likely N-dealkylation sites (N-methyl/N-ethyl adjacent to an activating group) is 1. The molecule has 0 unspecified atom stereocenters. The number of amides is 1. The summed E-state index contributed by atoms with van der Waals surface area (Å²) in [5.74, 6) is -0.0163. The molecule has 0 saturated carbocycles. The average molecular weight is 421 g/mol. The van der Waals surface area contributed by atoms with Crippen molar-refractivity contribution >= 4 is 34.5 Å². The van der Waals surface area contributed by atoms with Gasteiger partial charge in [0, 0.05) is 17.3 Å². The lowest BCUT2D eigenvalue weighted by atomic mass is 10.3. The largest absolute Gasteiger partial charge is 0.492 e. The normalized spacial score (nSPS) is 10.9. The van der Waals surface area contributed by atoms with Gasteiger partial charge in [-0.1, -0.05) is 29.0 Å². The Kier molecular flexibility index (Phi) is 6.91. The van der Waals surface area contributed by atoms with E-state index in [2.05, 4.69) is 15.5 Å². The first-order valence-corrected chi connectivity index (χ1v) is 9.65. The van der Waals surface area contributed by atoms with E-state index in [0.717, 1.165) is 10.8 Å². The van der Waals surface area contributed by atoms with Gasteiger partial charge in [-0.2, -0.15) is 0 Å². The van der Waals surface area contributed by atoms with E-state index in [1.165, 1.54) is 35.6 Å². The van der Waals surface area contributed by atoms with Crippen LogP contribution in [0.2, 0.25) is 5.02 Å². The van der Waals surface area contributed by atoms with Crippen molar-refractivity contribution < 1.29 is 13.9 Å². The molecule has 146 valence electrons. The zero-order chi connectivity index (χ0) is 19.9. The van der Waals surface area contributed by atoms with E-state index in [-0.39, 0.29) is 16.7 Å². The Morgan fingerprint density at radius 2 is 2.04 bits per heavy atom. The van der Waals surface area contributed by atoms with Crippen LogP contribution in [0.3, 0.4) is 0 Å². The number of carbonyl (C=O) groups excluding carboxylic acids is 1. The first kappa shape index (κ1) is 20.2. The molecule has 0 aliphatic heterocycles. The average Bonchev–Trinajstić information content (AvgIpc) is 3.12. The second-order valence-electron chi connectivity index (χ2n) is 6.01. The van der Waals surface area contributed by atoms with Crippen molar-refractivity contribution in [3.63, 3.8) is 0 Å². The predicted molar refractivity (Wildman–Crippen MR) is 108 cm³/mol. The zero-order valence-corrected chi connectivity index (χ0v) is 16.6. The standard InChI is InChI=1S/C19H18ClFN4O2S/c1-25(9-10-27-16-4-2-3-13(20)11-16)12-17-23-24-19(28-17)18(26)22-15-7-5-14(21)6-8-15/h2-8,11H,9-10,12H2,1H3,(H,22,26). The van der Waals surface area contributed by atoms with Crippen molar-refractivity contribution in [2.45, 2.75) is 6.54 Å². The smallest absolute Gasteiger partial charge is 0.286 e. The summed E-state index contributed by atoms with van der Waals surface area (Å²) in [6.45, 7) is 1.71. The summed E-state index contributed by atoms with van der Waals surface area (Å²) in [7, 11) is 1.93. The highest BCUT2D eigenvalue weighted by atomic mass is 35.5. The summed E-state index contributed by atoms with van der Waals surface area (Å²) >= 11 is 7.14. The molecule has 1 aromatic heterocycles. The number of hydrogen-bond donors (Lipinski definition) is 1. The van der Waals surface area contributed by atoms with Gasteiger partial charge in [0.05, 0.1) is 6.54 Å². The second kappa shape index (κ2) is 9.59. The van der Waals surface area contributed by atoms with E-state index in [1.807, 2.05) is 24.1 Å². The second-order valence-corrected chi connectivity index (χ2v) is 7.50. The van der Waals surface area contributed by atoms with Crippen LogP contribution in [0.15, 0.2) is 48.5 Å². The summed E-state index contributed by atoms with van der Waals surface area (Å²) in [5.41, 5.74) is 0.499. The molecule has 0 bridgehead atoms. The maximum absolute atomic E-state index is 12.9. The minimum Gasteiger partial charge on any atom is -0.492 e. The van der Waals surface area contributed by atoms with Crippen LogP contribution < -0.4 is 10.1 Å². The Morgan fingerprint density at radius 1 is 1.25 bits per heavy atom. The molecular formula is C19H18ClFN4O2S. The number of ether oxygens (including phenoxy) is 1. The molecule has 0 spiro atoms. The molecule has 1 N–H and O–H groups in total. The molecule has 3 aromatic rings. The van der Waals surface area contributed by atoms with Crippen molar-refractivity contribution in [3.05, 3.63) is 69.4 Å². The van der Waals surface area contributed by atoms with E-state index < -0.39 is 0 Å². The Labute approximate surface area is 170 Å². The van der Waals surface area contributed by atoms with Crippen LogP contribution in [0.4, 0.5) is 10.1 Å². The lowest BCUT2D eigenvalue weighted by molar-refractivity contribution is 0.102. The lowest BCUT2D eigenvalue weighted by Crippen LogP contribution is -2.23. The Hall–Kier alpha value is -2.55. The predicted octanol–water partition coefficient (Wildman–Crippen LogP) is 4.09. The minimum atomic E-state index is -0.373. The Balaban J connectivity index is 1.46. The third kappa shape index (κ3) is 5.98. The van der Waals surface area contributed by atoms with E-state index in [4.69, 9.17) is 16.3 Å². The fraction of sp³-hybridized carbons (Fsp3) is 0.211. The molecule has 0 aliphatic carbocycles. The topological polar surface area (TPSA) is 67.3 Å². The molecule has 0 fully saturated rings. The van der Waals surface area contributed by atoms with Crippen molar-refractivity contribution in [2.75, 3.05) is 25.5 Å². The van der Waals surface area contributed by atoms with Gasteiger partial charge in [0.1, 0.15) is 23.2 Å². The van der Waals surface area contributed by atoms with Gasteiger partial charge >= 0.3 is 0 Å². The lowest BCUT2D eigenvalue weighted by Gasteiger charge is -2.15. The fourth-order valence-corrected chi connectivity index (χ4v) is 3.31. The highest BCUT2D eigenvalue weighted by molar-refractivity contribution is 7.13. The number of carbonyl (C=O) groups is 1. The molecular weight excluding hydrogens is 403 g/mol. The van der Waals surface area contributed by atoms with Gasteiger partial charge < -0.3 is 10.1 Å². The van der Waals surface area contributed by atoms with Crippen LogP contribution in [-0.4, -0.2) is 41.2 Å². The number of anilines is 1. The van der Waals surface area contributed by atoms with E-state index in [0.29, 0.717) is 30.4 Å². The Bertz CT molecular complexity index is 936. The number of nitrogens with zero attached hydrogens (tertiary/aromatic N) is 3. The minimum absolute atomic E-state index is 0.253. The van der Waals surface area contributed by atoms with E-state index in [9.17, 15) is 9.18 Å². The zero-order valence-electron chi connectivity index (χ0n) is 15.1. The molecule has 9 heteroatoms. The van der Waals surface area contributed by atoms with Gasteiger partial charge in [-0.25, -0.2) is 4.39 Å². The monoisotopic (exact) mass is 420 g/mol. The molecule has 0 aliphatic rings. The molecule has 6 nitrogen and oxygen atoms in total. The number of halogens is 2. The molecule has 1 amide bonds. The molecule has 0 atom stereocenters. The van der Waals surface area contributed by atoms with Gasteiger partial charge in [0.15, 0.2) is 0 Å². The van der Waals surface area contributed by atoms with Gasteiger partial charge in [0.25, 0.3) is 5.91 Å². The maximum atomic E-state index is 12.9. The van der Waals surface area contributed by atoms with Crippen LogP contribution in [0.1, 0.15) is 14.8 Å². The number of rotatable bonds is 8. The molecule has 1 heterocycles. The van der Waals surface area contributed by atoms with Gasteiger partial charge in [-0.3, -0.25) is 9.69 Å². The number of hydrogen-bond acceptors (Lipinski definition) is 6. The molecule has 2 aromatic carbocycles. The van der Waals surface area contributed by atoms with Crippen LogP contribution in [0, 0.1) is 5.82 Å². The number of nitrogens with one attached hydrogen (secondary N) is 1. The van der Waals surface area contributed by atoms with Crippen LogP contribution in [0.25, 0.3) is 0 Å². The quantitative estimate of drug-likeness (QED) is 0.594. The van der Waals surface area contributed by atoms with E-state index in [1.54, 1.807) is 12.1 Å². The first-order valence-electron chi connectivity index (χ1n) is 8.46. The summed E-state index contributed by atoms with van der Waals surface area (Å²) < 4.78 is 18.6. The van der Waals surface area contributed by atoms with Crippen LogP contribution in [0.5, 0.6) is 5.75 Å². The molecule has 3 rings (SSSR count). The van der Waals surface area contributed by atoms with Crippen LogP contribution >= 0.6 is 22.9 Å². The van der Waals surface area contributed by atoms with Gasteiger partial charge in [-0.05, 0) is 49.5 Å². The highest BCUT2D eigenvalue weighted by Crippen LogP contribution is 2.17. The number of benzene rings is 2. The Morgan fingerprint density at radius 3 is 2.79 bits per heavy atom. The van der Waals surface area contributed by atoms with Crippen molar-refractivity contribution in [2.24, 2.45) is 0 Å². The third-order valence-electron chi connectivity index (χ3n) is 3.71. The van der Waals surface area contributed by atoms with E-state index >= 15 is 0 Å². The summed E-state index contributed by atoms with van der Waals surface area (Å²) in [4.78, 5) is 14.2.